The summed E-state index contributed by atoms with van der Waals surface area (Å²) in [6.07, 6.45) is 1.60. The van der Waals surface area contributed by atoms with E-state index in [0.29, 0.717) is 28.2 Å². The van der Waals surface area contributed by atoms with Gasteiger partial charge in [0.15, 0.2) is 16.6 Å². The topological polar surface area (TPSA) is 54.9 Å². The van der Waals surface area contributed by atoms with Gasteiger partial charge in [-0.25, -0.2) is 0 Å². The minimum absolute atomic E-state index is 0.432. The number of hydrazone groups is 1. The highest BCUT2D eigenvalue weighted by Gasteiger charge is 2.09. The van der Waals surface area contributed by atoms with Crippen molar-refractivity contribution in [3.63, 3.8) is 0 Å². The Kier molecular flexibility index (Phi) is 6.84. The number of rotatable bonds is 6. The number of halogens is 1. The zero-order chi connectivity index (χ0) is 17.4. The molecule has 2 rings (SSSR count). The number of thiocarbonyl (C=S) groups is 1. The summed E-state index contributed by atoms with van der Waals surface area (Å²) in [5, 5.41) is 8.04. The van der Waals surface area contributed by atoms with Gasteiger partial charge in [0, 0.05) is 6.54 Å². The minimum Gasteiger partial charge on any atom is -0.493 e. The summed E-state index contributed by atoms with van der Waals surface area (Å²) in [5.74, 6) is 1.03. The van der Waals surface area contributed by atoms with E-state index in [-0.39, 0.29) is 0 Å². The Morgan fingerprint density at radius 2 is 1.96 bits per heavy atom. The largest absolute Gasteiger partial charge is 0.493 e. The molecule has 0 spiro atoms. The van der Waals surface area contributed by atoms with Gasteiger partial charge in [-0.2, -0.15) is 5.10 Å². The van der Waals surface area contributed by atoms with Crippen molar-refractivity contribution < 1.29 is 9.47 Å². The van der Waals surface area contributed by atoms with Gasteiger partial charge in [-0.3, -0.25) is 5.43 Å². The summed E-state index contributed by atoms with van der Waals surface area (Å²) >= 11 is 11.3. The predicted octanol–water partition coefficient (Wildman–Crippen LogP) is 3.36. The number of benzene rings is 2. The lowest BCUT2D eigenvalue weighted by Crippen LogP contribution is -2.31. The van der Waals surface area contributed by atoms with Crippen molar-refractivity contribution in [2.75, 3.05) is 14.2 Å². The first-order chi connectivity index (χ1) is 11.6. The Bertz CT molecular complexity index is 723. The first-order valence-electron chi connectivity index (χ1n) is 7.16. The average molecular weight is 364 g/mol. The van der Waals surface area contributed by atoms with E-state index in [1.165, 1.54) is 7.11 Å². The molecule has 2 aromatic carbocycles. The normalized spacial score (nSPS) is 10.5. The Balaban J connectivity index is 1.91. The number of hydrogen-bond acceptors (Lipinski definition) is 4. The molecule has 5 nitrogen and oxygen atoms in total. The molecule has 7 heteroatoms. The molecule has 0 aliphatic heterocycles. The van der Waals surface area contributed by atoms with Crippen molar-refractivity contribution in [3.05, 3.63) is 58.6 Å². The molecular weight excluding hydrogens is 346 g/mol. The second-order valence-corrected chi connectivity index (χ2v) is 5.59. The van der Waals surface area contributed by atoms with Crippen LogP contribution >= 0.6 is 23.8 Å². The van der Waals surface area contributed by atoms with Crippen molar-refractivity contribution in [1.29, 1.82) is 0 Å². The molecule has 0 unspecified atom stereocenters. The molecule has 24 heavy (non-hydrogen) atoms. The lowest BCUT2D eigenvalue weighted by atomic mass is 10.2. The van der Waals surface area contributed by atoms with Gasteiger partial charge in [0.1, 0.15) is 0 Å². The van der Waals surface area contributed by atoms with E-state index in [4.69, 9.17) is 33.3 Å². The molecule has 0 heterocycles. The lowest BCUT2D eigenvalue weighted by molar-refractivity contribution is 0.355. The maximum Gasteiger partial charge on any atom is 0.187 e. The summed E-state index contributed by atoms with van der Waals surface area (Å²) in [5.41, 5.74) is 4.66. The van der Waals surface area contributed by atoms with E-state index < -0.39 is 0 Å². The monoisotopic (exact) mass is 363 g/mol. The molecule has 0 saturated heterocycles. The van der Waals surface area contributed by atoms with Crippen LogP contribution < -0.4 is 20.2 Å². The molecule has 0 atom stereocenters. The number of ether oxygens (including phenoxy) is 2. The third-order valence-corrected chi connectivity index (χ3v) is 3.65. The van der Waals surface area contributed by atoms with Crippen molar-refractivity contribution in [3.8, 4) is 11.5 Å². The van der Waals surface area contributed by atoms with Crippen LogP contribution in [0.25, 0.3) is 0 Å². The fourth-order valence-corrected chi connectivity index (χ4v) is 2.42. The van der Waals surface area contributed by atoms with Crippen LogP contribution in [-0.4, -0.2) is 25.5 Å². The van der Waals surface area contributed by atoms with Crippen LogP contribution in [0.5, 0.6) is 11.5 Å². The maximum atomic E-state index is 6.15. The zero-order valence-electron chi connectivity index (χ0n) is 13.4. The highest BCUT2D eigenvalue weighted by molar-refractivity contribution is 7.80. The maximum absolute atomic E-state index is 6.15. The van der Waals surface area contributed by atoms with Crippen molar-refractivity contribution in [2.24, 2.45) is 5.10 Å². The quantitative estimate of drug-likeness (QED) is 0.468. The second-order valence-electron chi connectivity index (χ2n) is 4.78. The molecule has 126 valence electrons. The molecule has 0 aliphatic rings. The van der Waals surface area contributed by atoms with Crippen LogP contribution in [0, 0.1) is 0 Å². The van der Waals surface area contributed by atoms with Gasteiger partial charge in [0.2, 0.25) is 0 Å². The summed E-state index contributed by atoms with van der Waals surface area (Å²) in [6.45, 7) is 0.629. The molecule has 0 aromatic heterocycles. The number of hydrogen-bond donors (Lipinski definition) is 2. The highest BCUT2D eigenvalue weighted by atomic mass is 35.5. The van der Waals surface area contributed by atoms with E-state index >= 15 is 0 Å². The molecule has 0 fully saturated rings. The third kappa shape index (κ3) is 5.11. The van der Waals surface area contributed by atoms with E-state index in [0.717, 1.165) is 11.1 Å². The molecule has 0 bridgehead atoms. The van der Waals surface area contributed by atoms with Gasteiger partial charge in [0.25, 0.3) is 0 Å². The van der Waals surface area contributed by atoms with Gasteiger partial charge in [0.05, 0.1) is 25.5 Å². The van der Waals surface area contributed by atoms with Gasteiger partial charge in [-0.15, -0.1) is 0 Å². The van der Waals surface area contributed by atoms with Crippen LogP contribution in [0.2, 0.25) is 5.02 Å². The summed E-state index contributed by atoms with van der Waals surface area (Å²) < 4.78 is 10.4. The minimum atomic E-state index is 0.432. The van der Waals surface area contributed by atoms with Gasteiger partial charge >= 0.3 is 0 Å². The molecule has 2 aromatic rings. The van der Waals surface area contributed by atoms with Gasteiger partial charge < -0.3 is 14.8 Å². The van der Waals surface area contributed by atoms with Crippen LogP contribution in [0.15, 0.2) is 47.6 Å². The third-order valence-electron chi connectivity index (χ3n) is 3.13. The molecule has 0 saturated carbocycles. The van der Waals surface area contributed by atoms with Gasteiger partial charge in [-0.05, 0) is 35.5 Å². The van der Waals surface area contributed by atoms with Crippen LogP contribution in [0.1, 0.15) is 11.1 Å². The van der Waals surface area contributed by atoms with Crippen LogP contribution in [-0.2, 0) is 6.54 Å². The fraction of sp³-hybridized carbons (Fsp3) is 0.176. The Labute approximate surface area is 151 Å². The van der Waals surface area contributed by atoms with E-state index in [1.807, 2.05) is 30.3 Å². The first-order valence-corrected chi connectivity index (χ1v) is 7.95. The predicted molar refractivity (Wildman–Crippen MR) is 101 cm³/mol. The first kappa shape index (κ1) is 18.0. The zero-order valence-corrected chi connectivity index (χ0v) is 14.9. The molecule has 0 radical (unpaired) electrons. The Morgan fingerprint density at radius 1 is 1.21 bits per heavy atom. The Hall–Kier alpha value is -2.31. The average Bonchev–Trinajstić information content (AvgIpc) is 2.60. The van der Waals surface area contributed by atoms with E-state index in [2.05, 4.69) is 15.8 Å². The SMILES string of the molecule is COc1cc(/C=N\NC(=S)NCc2ccccc2)cc(Cl)c1OC. The number of nitrogens with zero attached hydrogens (tertiary/aromatic N) is 1. The Morgan fingerprint density at radius 3 is 2.62 bits per heavy atom. The van der Waals surface area contributed by atoms with Crippen molar-refractivity contribution in [2.45, 2.75) is 6.54 Å². The smallest absolute Gasteiger partial charge is 0.187 e. The highest BCUT2D eigenvalue weighted by Crippen LogP contribution is 2.35. The lowest BCUT2D eigenvalue weighted by Gasteiger charge is -2.10. The van der Waals surface area contributed by atoms with Crippen LogP contribution in [0.3, 0.4) is 0 Å². The van der Waals surface area contributed by atoms with Crippen molar-refractivity contribution in [1.82, 2.24) is 10.7 Å². The molecule has 0 amide bonds. The summed E-state index contributed by atoms with van der Waals surface area (Å²) in [4.78, 5) is 0. The van der Waals surface area contributed by atoms with E-state index in [9.17, 15) is 0 Å². The summed E-state index contributed by atoms with van der Waals surface area (Å²) in [7, 11) is 3.09. The number of methoxy groups -OCH3 is 2. The summed E-state index contributed by atoms with van der Waals surface area (Å²) in [6, 6.07) is 13.5. The van der Waals surface area contributed by atoms with Crippen molar-refractivity contribution >= 4 is 35.1 Å². The fourth-order valence-electron chi connectivity index (χ4n) is 2.00. The standard InChI is InChI=1S/C17H18ClN3O2S/c1-22-15-9-13(8-14(18)16(15)23-2)11-20-21-17(24)19-10-12-6-4-3-5-7-12/h3-9,11H,10H2,1-2H3,(H2,19,21,24)/b20-11-. The molecule has 0 aliphatic carbocycles. The molecular formula is C17H18ClN3O2S. The molecule has 2 N–H and O–H groups in total. The second kappa shape index (κ2) is 9.10. The van der Waals surface area contributed by atoms with E-state index in [1.54, 1.807) is 25.5 Å². The number of nitrogens with one attached hydrogen (secondary N) is 2. The van der Waals surface area contributed by atoms with Gasteiger partial charge in [-0.1, -0.05) is 41.9 Å². The van der Waals surface area contributed by atoms with Crippen LogP contribution in [0.4, 0.5) is 0 Å².